The molecular formula is C10H13NO. The van der Waals surface area contributed by atoms with Crippen LogP contribution in [0.2, 0.25) is 0 Å². The second-order valence-electron chi connectivity index (χ2n) is 2.30. The fraction of sp³-hybridized carbons (Fsp3) is 0.100. The first-order valence-corrected chi connectivity index (χ1v) is 3.53. The Labute approximate surface area is 73.0 Å². The minimum Gasteiger partial charge on any atom is -0.329 e. The minimum absolute atomic E-state index is 0.240. The normalized spacial score (nSPS) is 10.2. The zero-order chi connectivity index (χ0) is 9.56. The van der Waals surface area contributed by atoms with Crippen LogP contribution < -0.4 is 5.32 Å². The van der Waals surface area contributed by atoms with Crippen LogP contribution in [0, 0.1) is 0 Å². The predicted octanol–water partition coefficient (Wildman–Crippen LogP) is 1.93. The summed E-state index contributed by atoms with van der Waals surface area (Å²) in [6, 6.07) is 0. The van der Waals surface area contributed by atoms with Crippen LogP contribution in [0.15, 0.2) is 49.2 Å². The Hall–Kier alpha value is -1.57. The lowest BCUT2D eigenvalue weighted by molar-refractivity contribution is -0.115. The van der Waals surface area contributed by atoms with Gasteiger partial charge in [0.15, 0.2) is 0 Å². The number of nitrogens with one attached hydrogen (secondary N) is 1. The molecular weight excluding hydrogens is 150 g/mol. The van der Waals surface area contributed by atoms with Gasteiger partial charge < -0.3 is 5.32 Å². The molecule has 0 spiro atoms. The van der Waals surface area contributed by atoms with E-state index in [1.54, 1.807) is 12.3 Å². The van der Waals surface area contributed by atoms with Crippen LogP contribution in [0.4, 0.5) is 0 Å². The van der Waals surface area contributed by atoms with Crippen molar-refractivity contribution in [2.45, 2.75) is 6.92 Å². The van der Waals surface area contributed by atoms with Gasteiger partial charge in [0.25, 0.3) is 0 Å². The summed E-state index contributed by atoms with van der Waals surface area (Å²) < 4.78 is 0. The highest BCUT2D eigenvalue weighted by Crippen LogP contribution is 2.05. The first kappa shape index (κ1) is 10.4. The molecule has 0 radical (unpaired) electrons. The van der Waals surface area contributed by atoms with Crippen LogP contribution in [0.1, 0.15) is 6.92 Å². The van der Waals surface area contributed by atoms with Gasteiger partial charge in [0, 0.05) is 6.20 Å². The van der Waals surface area contributed by atoms with Gasteiger partial charge in [-0.15, -0.1) is 0 Å². The van der Waals surface area contributed by atoms with E-state index in [1.165, 1.54) is 6.08 Å². The van der Waals surface area contributed by atoms with Gasteiger partial charge in [-0.25, -0.2) is 0 Å². The third-order valence-electron chi connectivity index (χ3n) is 1.27. The molecule has 1 amide bonds. The molecule has 0 fully saturated rings. The highest BCUT2D eigenvalue weighted by atomic mass is 16.1. The summed E-state index contributed by atoms with van der Waals surface area (Å²) in [4.78, 5) is 10.7. The second kappa shape index (κ2) is 5.13. The quantitative estimate of drug-likeness (QED) is 0.498. The van der Waals surface area contributed by atoms with Crippen molar-refractivity contribution in [1.29, 1.82) is 0 Å². The summed E-state index contributed by atoms with van der Waals surface area (Å²) in [6.07, 6.45) is 4.39. The molecule has 0 bridgehead atoms. The topological polar surface area (TPSA) is 29.1 Å². The summed E-state index contributed by atoms with van der Waals surface area (Å²) in [5.41, 5.74) is 1.67. The number of carbonyl (C=O) groups is 1. The molecule has 2 nitrogen and oxygen atoms in total. The zero-order valence-electron chi connectivity index (χ0n) is 7.26. The average molecular weight is 163 g/mol. The van der Waals surface area contributed by atoms with Gasteiger partial charge in [0.05, 0.1) is 0 Å². The average Bonchev–Trinajstić information content (AvgIpc) is 2.04. The van der Waals surface area contributed by atoms with Crippen LogP contribution in [0.3, 0.4) is 0 Å². The minimum atomic E-state index is -0.240. The standard InChI is InChI=1S/C10H13NO/c1-5-9(8(3)4)7-11-10(12)6-2/h5-7H,1-3H2,4H3,(H,11,12)/b9-7+. The molecule has 0 rings (SSSR count). The van der Waals surface area contributed by atoms with E-state index in [-0.39, 0.29) is 5.91 Å². The monoisotopic (exact) mass is 163 g/mol. The van der Waals surface area contributed by atoms with E-state index >= 15 is 0 Å². The number of hydrogen-bond donors (Lipinski definition) is 1. The highest BCUT2D eigenvalue weighted by Gasteiger charge is 1.92. The SMILES string of the molecule is C=CC(=O)N/C=C(\C=C)C(=C)C. The summed E-state index contributed by atoms with van der Waals surface area (Å²) in [6.45, 7) is 12.5. The largest absolute Gasteiger partial charge is 0.329 e. The van der Waals surface area contributed by atoms with Crippen molar-refractivity contribution in [3.05, 3.63) is 49.2 Å². The fourth-order valence-corrected chi connectivity index (χ4v) is 0.564. The molecule has 2 heteroatoms. The van der Waals surface area contributed by atoms with Crippen LogP contribution in [-0.4, -0.2) is 5.91 Å². The molecule has 12 heavy (non-hydrogen) atoms. The maximum absolute atomic E-state index is 10.7. The van der Waals surface area contributed by atoms with Gasteiger partial charge in [-0.05, 0) is 24.1 Å². The lowest BCUT2D eigenvalue weighted by Crippen LogP contribution is -2.13. The van der Waals surface area contributed by atoms with Crippen LogP contribution in [-0.2, 0) is 4.79 Å². The van der Waals surface area contributed by atoms with Crippen molar-refractivity contribution in [2.24, 2.45) is 0 Å². The molecule has 0 aliphatic carbocycles. The lowest BCUT2D eigenvalue weighted by atomic mass is 10.1. The lowest BCUT2D eigenvalue weighted by Gasteiger charge is -1.99. The molecule has 0 aliphatic heterocycles. The summed E-state index contributed by atoms with van der Waals surface area (Å²) >= 11 is 0. The molecule has 0 unspecified atom stereocenters. The third-order valence-corrected chi connectivity index (χ3v) is 1.27. The fourth-order valence-electron chi connectivity index (χ4n) is 0.564. The van der Waals surface area contributed by atoms with Crippen LogP contribution in [0.5, 0.6) is 0 Å². The molecule has 1 N–H and O–H groups in total. The van der Waals surface area contributed by atoms with E-state index in [0.29, 0.717) is 0 Å². The van der Waals surface area contributed by atoms with E-state index in [4.69, 9.17) is 0 Å². The van der Waals surface area contributed by atoms with Gasteiger partial charge in [-0.2, -0.15) is 0 Å². The van der Waals surface area contributed by atoms with E-state index in [0.717, 1.165) is 11.1 Å². The zero-order valence-corrected chi connectivity index (χ0v) is 7.26. The Morgan fingerprint density at radius 1 is 1.33 bits per heavy atom. The Bertz CT molecular complexity index is 249. The Morgan fingerprint density at radius 3 is 2.25 bits per heavy atom. The number of rotatable bonds is 4. The molecule has 0 aromatic rings. The summed E-state index contributed by atoms with van der Waals surface area (Å²) in [5.74, 6) is -0.240. The van der Waals surface area contributed by atoms with Gasteiger partial charge in [-0.3, -0.25) is 4.79 Å². The van der Waals surface area contributed by atoms with Gasteiger partial charge in [-0.1, -0.05) is 25.8 Å². The molecule has 0 saturated heterocycles. The molecule has 0 atom stereocenters. The van der Waals surface area contributed by atoms with Crippen molar-refractivity contribution in [3.63, 3.8) is 0 Å². The summed E-state index contributed by atoms with van der Waals surface area (Å²) in [7, 11) is 0. The van der Waals surface area contributed by atoms with Crippen molar-refractivity contribution in [3.8, 4) is 0 Å². The first-order chi connectivity index (χ1) is 5.61. The first-order valence-electron chi connectivity index (χ1n) is 3.53. The number of allylic oxidation sites excluding steroid dienone is 3. The van der Waals surface area contributed by atoms with Crippen LogP contribution in [0.25, 0.3) is 0 Å². The van der Waals surface area contributed by atoms with Crippen LogP contribution >= 0.6 is 0 Å². The smallest absolute Gasteiger partial charge is 0.247 e. The molecule has 0 aromatic heterocycles. The summed E-state index contributed by atoms with van der Waals surface area (Å²) in [5, 5.41) is 2.51. The highest BCUT2D eigenvalue weighted by molar-refractivity contribution is 5.87. The van der Waals surface area contributed by atoms with Gasteiger partial charge >= 0.3 is 0 Å². The van der Waals surface area contributed by atoms with Crippen molar-refractivity contribution < 1.29 is 4.79 Å². The Morgan fingerprint density at radius 2 is 1.92 bits per heavy atom. The van der Waals surface area contributed by atoms with E-state index in [1.807, 2.05) is 6.92 Å². The molecule has 0 aliphatic rings. The van der Waals surface area contributed by atoms with Gasteiger partial charge in [0.2, 0.25) is 5.91 Å². The molecule has 0 saturated carbocycles. The van der Waals surface area contributed by atoms with E-state index < -0.39 is 0 Å². The van der Waals surface area contributed by atoms with E-state index in [2.05, 4.69) is 25.1 Å². The predicted molar refractivity (Wildman–Crippen MR) is 51.4 cm³/mol. The van der Waals surface area contributed by atoms with Crippen molar-refractivity contribution in [2.75, 3.05) is 0 Å². The van der Waals surface area contributed by atoms with Gasteiger partial charge in [0.1, 0.15) is 0 Å². The Kier molecular flexibility index (Phi) is 4.46. The van der Waals surface area contributed by atoms with Crippen molar-refractivity contribution >= 4 is 5.91 Å². The maximum Gasteiger partial charge on any atom is 0.247 e. The number of hydrogen-bond acceptors (Lipinski definition) is 1. The molecule has 0 heterocycles. The van der Waals surface area contributed by atoms with E-state index in [9.17, 15) is 4.79 Å². The maximum atomic E-state index is 10.7. The number of amides is 1. The molecule has 64 valence electrons. The van der Waals surface area contributed by atoms with Crippen molar-refractivity contribution in [1.82, 2.24) is 5.32 Å². The second-order valence-corrected chi connectivity index (χ2v) is 2.30. The molecule has 0 aromatic carbocycles. The number of carbonyl (C=O) groups excluding carboxylic acids is 1. The Balaban J connectivity index is 4.31. The third kappa shape index (κ3) is 3.56.